The summed E-state index contributed by atoms with van der Waals surface area (Å²) in [5.41, 5.74) is 4.24. The average molecular weight is 536 g/mol. The molecule has 2 saturated heterocycles. The highest BCUT2D eigenvalue weighted by molar-refractivity contribution is 6.33. The van der Waals surface area contributed by atoms with Crippen molar-refractivity contribution >= 4 is 23.4 Å². The Hall–Kier alpha value is -2.37. The number of piperidine rings is 1. The van der Waals surface area contributed by atoms with Gasteiger partial charge in [-0.2, -0.15) is 0 Å². The molecular formula is C32H42ClN3O2. The zero-order valence-corrected chi connectivity index (χ0v) is 23.7. The first kappa shape index (κ1) is 27.2. The van der Waals surface area contributed by atoms with Gasteiger partial charge in [0.25, 0.3) is 5.91 Å². The summed E-state index contributed by atoms with van der Waals surface area (Å²) >= 11 is 6.24. The minimum absolute atomic E-state index is 0.0518. The number of carbonyl (C=O) groups is 2. The van der Waals surface area contributed by atoms with E-state index in [1.807, 2.05) is 12.1 Å². The van der Waals surface area contributed by atoms with Crippen molar-refractivity contribution in [3.05, 3.63) is 69.7 Å². The SMILES string of the molecule is CCC(CC)CN1CCC2(CC1)CCN(C(=O)Cc1ccc3c(c1)C(NC(=O)c1ccccc1Cl)CC3)C2. The molecule has 2 aromatic rings. The number of nitrogens with zero attached hydrogens (tertiary/aromatic N) is 2. The average Bonchev–Trinajstić information content (AvgIpc) is 3.53. The number of nitrogens with one attached hydrogen (secondary N) is 1. The lowest BCUT2D eigenvalue weighted by molar-refractivity contribution is -0.130. The van der Waals surface area contributed by atoms with Crippen LogP contribution in [-0.2, 0) is 17.6 Å². The summed E-state index contributed by atoms with van der Waals surface area (Å²) in [4.78, 5) is 31.0. The van der Waals surface area contributed by atoms with Gasteiger partial charge in [-0.05, 0) is 85.3 Å². The van der Waals surface area contributed by atoms with Gasteiger partial charge in [0.2, 0.25) is 5.91 Å². The van der Waals surface area contributed by atoms with Gasteiger partial charge >= 0.3 is 0 Å². The normalized spacial score (nSPS) is 20.7. The summed E-state index contributed by atoms with van der Waals surface area (Å²) < 4.78 is 0. The number of carbonyl (C=O) groups excluding carboxylic acids is 2. The molecule has 2 aliphatic heterocycles. The zero-order chi connectivity index (χ0) is 26.7. The highest BCUT2D eigenvalue weighted by Gasteiger charge is 2.42. The molecule has 0 radical (unpaired) electrons. The van der Waals surface area contributed by atoms with Gasteiger partial charge in [0.15, 0.2) is 0 Å². The van der Waals surface area contributed by atoms with Crippen LogP contribution in [-0.4, -0.2) is 54.3 Å². The van der Waals surface area contributed by atoms with Crippen molar-refractivity contribution in [2.75, 3.05) is 32.7 Å². The Kier molecular flexibility index (Phi) is 8.44. The van der Waals surface area contributed by atoms with Crippen LogP contribution in [0.25, 0.3) is 0 Å². The van der Waals surface area contributed by atoms with Crippen molar-refractivity contribution in [2.24, 2.45) is 11.3 Å². The third-order valence-corrected chi connectivity index (χ3v) is 9.78. The quantitative estimate of drug-likeness (QED) is 0.447. The lowest BCUT2D eigenvalue weighted by Crippen LogP contribution is -2.43. The molecular weight excluding hydrogens is 494 g/mol. The topological polar surface area (TPSA) is 52.6 Å². The largest absolute Gasteiger partial charge is 0.345 e. The molecule has 2 heterocycles. The monoisotopic (exact) mass is 535 g/mol. The van der Waals surface area contributed by atoms with Crippen molar-refractivity contribution in [1.82, 2.24) is 15.1 Å². The molecule has 1 aliphatic carbocycles. The summed E-state index contributed by atoms with van der Waals surface area (Å²) in [6, 6.07) is 13.5. The number of benzene rings is 2. The van der Waals surface area contributed by atoms with Crippen molar-refractivity contribution < 1.29 is 9.59 Å². The van der Waals surface area contributed by atoms with Gasteiger partial charge in [-0.1, -0.05) is 68.6 Å². The second-order valence-corrected chi connectivity index (χ2v) is 12.2. The van der Waals surface area contributed by atoms with Gasteiger partial charge in [-0.3, -0.25) is 9.59 Å². The Balaban J connectivity index is 1.17. The van der Waals surface area contributed by atoms with E-state index in [1.165, 1.54) is 50.9 Å². The molecule has 0 bridgehead atoms. The van der Waals surface area contributed by atoms with E-state index in [9.17, 15) is 9.59 Å². The third kappa shape index (κ3) is 5.94. The molecule has 3 aliphatic rings. The first-order chi connectivity index (χ1) is 18.4. The highest BCUT2D eigenvalue weighted by atomic mass is 35.5. The first-order valence-corrected chi connectivity index (χ1v) is 14.9. The Morgan fingerprint density at radius 3 is 2.53 bits per heavy atom. The Morgan fingerprint density at radius 1 is 1.05 bits per heavy atom. The molecule has 1 atom stereocenters. The minimum Gasteiger partial charge on any atom is -0.345 e. The lowest BCUT2D eigenvalue weighted by Gasteiger charge is -2.40. The molecule has 1 unspecified atom stereocenters. The molecule has 38 heavy (non-hydrogen) atoms. The van der Waals surface area contributed by atoms with Gasteiger partial charge in [-0.25, -0.2) is 0 Å². The van der Waals surface area contributed by atoms with Crippen molar-refractivity contribution in [3.8, 4) is 0 Å². The smallest absolute Gasteiger partial charge is 0.253 e. The number of fused-ring (bicyclic) bond motifs is 1. The molecule has 1 spiro atoms. The highest BCUT2D eigenvalue weighted by Crippen LogP contribution is 2.41. The van der Waals surface area contributed by atoms with Crippen molar-refractivity contribution in [2.45, 2.75) is 71.3 Å². The van der Waals surface area contributed by atoms with E-state index in [0.29, 0.717) is 22.4 Å². The van der Waals surface area contributed by atoms with Crippen LogP contribution < -0.4 is 5.32 Å². The molecule has 0 aromatic heterocycles. The van der Waals surface area contributed by atoms with Gasteiger partial charge in [0.05, 0.1) is 23.0 Å². The molecule has 0 saturated carbocycles. The van der Waals surface area contributed by atoms with Gasteiger partial charge < -0.3 is 15.1 Å². The number of amides is 2. The van der Waals surface area contributed by atoms with Crippen LogP contribution in [0, 0.1) is 11.3 Å². The van der Waals surface area contributed by atoms with Crippen LogP contribution in [0.4, 0.5) is 0 Å². The van der Waals surface area contributed by atoms with Gasteiger partial charge in [-0.15, -0.1) is 0 Å². The number of hydrogen-bond acceptors (Lipinski definition) is 3. The van der Waals surface area contributed by atoms with Crippen molar-refractivity contribution in [3.63, 3.8) is 0 Å². The zero-order valence-electron chi connectivity index (χ0n) is 23.0. The Bertz CT molecular complexity index is 1150. The molecule has 5 nitrogen and oxygen atoms in total. The first-order valence-electron chi connectivity index (χ1n) is 14.6. The molecule has 6 heteroatoms. The lowest BCUT2D eigenvalue weighted by atomic mass is 9.77. The van der Waals surface area contributed by atoms with Crippen molar-refractivity contribution in [1.29, 1.82) is 0 Å². The predicted molar refractivity (Wildman–Crippen MR) is 154 cm³/mol. The number of likely N-dealkylation sites (tertiary alicyclic amines) is 2. The standard InChI is InChI=1S/C32H42ClN3O2/c1-3-23(4-2)21-35-16-13-32(14-17-35)15-18-36(22-32)30(37)20-24-9-10-25-11-12-29(27(25)19-24)34-31(38)26-7-5-6-8-28(26)33/h5-10,19,23,29H,3-4,11-18,20-22H2,1-2H3,(H,34,38). The van der Waals surface area contributed by atoms with E-state index in [-0.39, 0.29) is 17.9 Å². The fourth-order valence-corrected chi connectivity index (χ4v) is 6.98. The maximum atomic E-state index is 13.3. The van der Waals surface area contributed by atoms with Crippen LogP contribution in [0.3, 0.4) is 0 Å². The van der Waals surface area contributed by atoms with E-state index in [1.54, 1.807) is 12.1 Å². The Morgan fingerprint density at radius 2 is 1.79 bits per heavy atom. The predicted octanol–water partition coefficient (Wildman–Crippen LogP) is 6.05. The summed E-state index contributed by atoms with van der Waals surface area (Å²) in [6.07, 6.45) is 8.30. The summed E-state index contributed by atoms with van der Waals surface area (Å²) in [5.74, 6) is 0.890. The van der Waals surface area contributed by atoms with Gasteiger partial charge in [0.1, 0.15) is 0 Å². The molecule has 1 N–H and O–H groups in total. The van der Waals surface area contributed by atoms with E-state index < -0.39 is 0 Å². The molecule has 2 fully saturated rings. The number of halogens is 1. The minimum atomic E-state index is -0.150. The van der Waals surface area contributed by atoms with Gasteiger partial charge in [0, 0.05) is 19.6 Å². The van der Waals surface area contributed by atoms with Crippen LogP contribution in [0.1, 0.15) is 85.5 Å². The van der Waals surface area contributed by atoms with E-state index in [2.05, 4.69) is 47.2 Å². The van der Waals surface area contributed by atoms with E-state index in [4.69, 9.17) is 11.6 Å². The molecule has 2 amide bonds. The fraction of sp³-hybridized carbons (Fsp3) is 0.562. The maximum Gasteiger partial charge on any atom is 0.253 e. The molecule has 5 rings (SSSR count). The third-order valence-electron chi connectivity index (χ3n) is 9.45. The number of aryl methyl sites for hydroxylation is 1. The van der Waals surface area contributed by atoms with Crippen LogP contribution in [0.15, 0.2) is 42.5 Å². The van der Waals surface area contributed by atoms with E-state index in [0.717, 1.165) is 49.4 Å². The number of rotatable bonds is 8. The second-order valence-electron chi connectivity index (χ2n) is 11.8. The summed E-state index contributed by atoms with van der Waals surface area (Å²) in [7, 11) is 0. The molecule has 2 aromatic carbocycles. The van der Waals surface area contributed by atoms with Crippen LogP contribution in [0.2, 0.25) is 5.02 Å². The maximum absolute atomic E-state index is 13.3. The fourth-order valence-electron chi connectivity index (χ4n) is 6.76. The summed E-state index contributed by atoms with van der Waals surface area (Å²) in [6.45, 7) is 9.97. The molecule has 204 valence electrons. The van der Waals surface area contributed by atoms with E-state index >= 15 is 0 Å². The van der Waals surface area contributed by atoms with Crippen LogP contribution >= 0.6 is 11.6 Å². The summed E-state index contributed by atoms with van der Waals surface area (Å²) in [5, 5.41) is 3.63. The second kappa shape index (κ2) is 11.8. The van der Waals surface area contributed by atoms with Crippen LogP contribution in [0.5, 0.6) is 0 Å². The Labute approximate surface area is 232 Å². The number of hydrogen-bond donors (Lipinski definition) is 1.